The zero-order valence-electron chi connectivity index (χ0n) is 10.6. The first kappa shape index (κ1) is 12.9. The van der Waals surface area contributed by atoms with Crippen LogP contribution in [0.5, 0.6) is 0 Å². The van der Waals surface area contributed by atoms with Gasteiger partial charge in [-0.1, -0.05) is 12.1 Å². The second-order valence-electron chi connectivity index (χ2n) is 4.09. The highest BCUT2D eigenvalue weighted by Crippen LogP contribution is 2.14. The number of hydrogen-bond donors (Lipinski definition) is 1. The summed E-state index contributed by atoms with van der Waals surface area (Å²) in [4.78, 5) is 14.5. The van der Waals surface area contributed by atoms with Crippen molar-refractivity contribution in [3.63, 3.8) is 0 Å². The van der Waals surface area contributed by atoms with Crippen LogP contribution in [0.1, 0.15) is 17.0 Å². The number of nitro groups is 1. The number of benzene rings is 1. The molecule has 98 valence electrons. The predicted octanol–water partition coefficient (Wildman–Crippen LogP) is 2.01. The lowest BCUT2D eigenvalue weighted by atomic mass is 10.2. The van der Waals surface area contributed by atoms with E-state index in [2.05, 4.69) is 20.5 Å². The van der Waals surface area contributed by atoms with E-state index in [-0.39, 0.29) is 5.69 Å². The number of nitrogens with one attached hydrogen (secondary N) is 1. The molecule has 2 rings (SSSR count). The molecule has 7 nitrogen and oxygen atoms in total. The van der Waals surface area contributed by atoms with E-state index in [1.165, 1.54) is 12.1 Å². The van der Waals surface area contributed by atoms with Gasteiger partial charge in [-0.15, -0.1) is 5.10 Å². The number of aryl methyl sites for hydroxylation is 2. The van der Waals surface area contributed by atoms with Crippen molar-refractivity contribution < 1.29 is 4.92 Å². The Morgan fingerprint density at radius 1 is 1.26 bits per heavy atom. The summed E-state index contributed by atoms with van der Waals surface area (Å²) in [6.45, 7) is 4.09. The fourth-order valence-corrected chi connectivity index (χ4v) is 1.49. The number of nitro benzene ring substituents is 1. The van der Waals surface area contributed by atoms with Gasteiger partial charge in [-0.3, -0.25) is 10.1 Å². The summed E-state index contributed by atoms with van der Waals surface area (Å²) in [7, 11) is 0. The molecule has 0 saturated heterocycles. The van der Waals surface area contributed by atoms with Gasteiger partial charge in [-0.05, 0) is 19.4 Å². The van der Waals surface area contributed by atoms with E-state index in [0.29, 0.717) is 12.5 Å². The van der Waals surface area contributed by atoms with Crippen molar-refractivity contribution >= 4 is 11.6 Å². The molecule has 0 aliphatic rings. The largest absolute Gasteiger partial charge is 0.349 e. The van der Waals surface area contributed by atoms with Crippen molar-refractivity contribution in [2.75, 3.05) is 5.32 Å². The molecule has 0 amide bonds. The molecular weight excluding hydrogens is 246 g/mol. The molecule has 0 atom stereocenters. The maximum absolute atomic E-state index is 10.7. The molecule has 0 bridgehead atoms. The highest BCUT2D eigenvalue weighted by atomic mass is 16.6. The summed E-state index contributed by atoms with van der Waals surface area (Å²) in [5.74, 6) is 0.412. The molecule has 0 saturated carbocycles. The molecule has 2 aromatic rings. The maximum atomic E-state index is 10.7. The third-order valence-electron chi connectivity index (χ3n) is 2.66. The average Bonchev–Trinajstić information content (AvgIpc) is 2.40. The minimum Gasteiger partial charge on any atom is -0.349 e. The van der Waals surface area contributed by atoms with E-state index in [4.69, 9.17) is 0 Å². The molecule has 1 aromatic carbocycles. The van der Waals surface area contributed by atoms with Crippen molar-refractivity contribution in [2.24, 2.45) is 0 Å². The zero-order chi connectivity index (χ0) is 13.8. The van der Waals surface area contributed by atoms with E-state index < -0.39 is 4.92 Å². The third kappa shape index (κ3) is 3.21. The summed E-state index contributed by atoms with van der Waals surface area (Å²) in [6.07, 6.45) is 0. The second kappa shape index (κ2) is 5.38. The van der Waals surface area contributed by atoms with Gasteiger partial charge < -0.3 is 5.32 Å². The molecular formula is C12H13N5O2. The van der Waals surface area contributed by atoms with E-state index in [1.54, 1.807) is 12.1 Å². The Balaban J connectivity index is 2.07. The highest BCUT2D eigenvalue weighted by Gasteiger charge is 2.06. The van der Waals surface area contributed by atoms with Crippen LogP contribution in [0.2, 0.25) is 0 Å². The maximum Gasteiger partial charge on any atom is 0.269 e. The molecule has 0 aliphatic heterocycles. The van der Waals surface area contributed by atoms with Gasteiger partial charge in [-0.25, -0.2) is 4.98 Å². The summed E-state index contributed by atoms with van der Waals surface area (Å²) in [5.41, 5.74) is 2.44. The van der Waals surface area contributed by atoms with E-state index in [1.807, 2.05) is 13.8 Å². The van der Waals surface area contributed by atoms with Crippen molar-refractivity contribution in [1.29, 1.82) is 0 Å². The summed E-state index contributed by atoms with van der Waals surface area (Å²) >= 11 is 0. The highest BCUT2D eigenvalue weighted by molar-refractivity contribution is 5.36. The fraction of sp³-hybridized carbons (Fsp3) is 0.250. The number of hydrogen-bond acceptors (Lipinski definition) is 6. The number of rotatable bonds is 4. The minimum atomic E-state index is -0.419. The molecule has 1 aromatic heterocycles. The minimum absolute atomic E-state index is 0.0680. The van der Waals surface area contributed by atoms with Gasteiger partial charge in [0.1, 0.15) is 0 Å². The molecule has 1 N–H and O–H groups in total. The van der Waals surface area contributed by atoms with Gasteiger partial charge in [0, 0.05) is 18.7 Å². The van der Waals surface area contributed by atoms with Crippen molar-refractivity contribution in [2.45, 2.75) is 20.4 Å². The Labute approximate surface area is 109 Å². The van der Waals surface area contributed by atoms with Gasteiger partial charge in [0.15, 0.2) is 0 Å². The number of aromatic nitrogens is 3. The number of anilines is 1. The third-order valence-corrected chi connectivity index (χ3v) is 2.66. The van der Waals surface area contributed by atoms with Crippen molar-refractivity contribution in [1.82, 2.24) is 15.2 Å². The van der Waals surface area contributed by atoms with Crippen molar-refractivity contribution in [3.8, 4) is 0 Å². The fourth-order valence-electron chi connectivity index (χ4n) is 1.49. The van der Waals surface area contributed by atoms with Gasteiger partial charge in [0.05, 0.1) is 16.3 Å². The smallest absolute Gasteiger partial charge is 0.269 e. The standard InChI is InChI=1S/C12H13N5O2/c1-8-9(2)15-16-12(14-8)13-7-10-4-3-5-11(6-10)17(18)19/h3-6H,7H2,1-2H3,(H,13,14,16). The second-order valence-corrected chi connectivity index (χ2v) is 4.09. The molecule has 0 radical (unpaired) electrons. The van der Waals surface area contributed by atoms with Crippen molar-refractivity contribution in [3.05, 3.63) is 51.3 Å². The Morgan fingerprint density at radius 3 is 2.74 bits per heavy atom. The Hall–Kier alpha value is -2.57. The summed E-state index contributed by atoms with van der Waals surface area (Å²) in [6, 6.07) is 6.42. The number of non-ortho nitro benzene ring substituents is 1. The number of nitrogens with zero attached hydrogens (tertiary/aromatic N) is 4. The monoisotopic (exact) mass is 259 g/mol. The molecule has 1 heterocycles. The first-order chi connectivity index (χ1) is 9.06. The summed E-state index contributed by atoms with van der Waals surface area (Å²) < 4.78 is 0. The SMILES string of the molecule is Cc1nnc(NCc2cccc([N+](=O)[O-])c2)nc1C. The lowest BCUT2D eigenvalue weighted by molar-refractivity contribution is -0.384. The topological polar surface area (TPSA) is 93.8 Å². The molecule has 19 heavy (non-hydrogen) atoms. The van der Waals surface area contributed by atoms with Gasteiger partial charge in [-0.2, -0.15) is 5.10 Å². The Bertz CT molecular complexity index is 615. The zero-order valence-corrected chi connectivity index (χ0v) is 10.6. The van der Waals surface area contributed by atoms with Gasteiger partial charge >= 0.3 is 0 Å². The van der Waals surface area contributed by atoms with E-state index >= 15 is 0 Å². The van der Waals surface area contributed by atoms with E-state index in [0.717, 1.165) is 17.0 Å². The Kier molecular flexibility index (Phi) is 3.65. The van der Waals surface area contributed by atoms with Crippen LogP contribution in [0.3, 0.4) is 0 Å². The molecule has 0 fully saturated rings. The van der Waals surface area contributed by atoms with Crippen LogP contribution in [0.25, 0.3) is 0 Å². The predicted molar refractivity (Wildman–Crippen MR) is 69.7 cm³/mol. The summed E-state index contributed by atoms with van der Waals surface area (Å²) in [5, 5.41) is 21.5. The molecule has 7 heteroatoms. The molecule has 0 aliphatic carbocycles. The van der Waals surface area contributed by atoms with Gasteiger partial charge in [0.25, 0.3) is 5.69 Å². The van der Waals surface area contributed by atoms with Crippen LogP contribution < -0.4 is 5.32 Å². The first-order valence-electron chi connectivity index (χ1n) is 5.71. The quantitative estimate of drug-likeness (QED) is 0.666. The van der Waals surface area contributed by atoms with Crippen LogP contribution in [0, 0.1) is 24.0 Å². The van der Waals surface area contributed by atoms with Gasteiger partial charge in [0.2, 0.25) is 5.95 Å². The van der Waals surface area contributed by atoms with E-state index in [9.17, 15) is 10.1 Å². The van der Waals surface area contributed by atoms with Crippen LogP contribution in [-0.4, -0.2) is 20.1 Å². The normalized spacial score (nSPS) is 10.2. The first-order valence-corrected chi connectivity index (χ1v) is 5.71. The lowest BCUT2D eigenvalue weighted by Gasteiger charge is -2.05. The Morgan fingerprint density at radius 2 is 2.05 bits per heavy atom. The van der Waals surface area contributed by atoms with Crippen LogP contribution in [0.15, 0.2) is 24.3 Å². The lowest BCUT2D eigenvalue weighted by Crippen LogP contribution is -2.07. The van der Waals surface area contributed by atoms with Crippen LogP contribution >= 0.6 is 0 Å². The average molecular weight is 259 g/mol. The van der Waals surface area contributed by atoms with Crippen LogP contribution in [0.4, 0.5) is 11.6 Å². The molecule has 0 unspecified atom stereocenters. The molecule has 0 spiro atoms. The van der Waals surface area contributed by atoms with Crippen LogP contribution in [-0.2, 0) is 6.54 Å².